The fourth-order valence-corrected chi connectivity index (χ4v) is 0.538. The van der Waals surface area contributed by atoms with Crippen molar-refractivity contribution < 1.29 is 9.13 Å². The van der Waals surface area contributed by atoms with Crippen molar-refractivity contribution in [3.63, 3.8) is 0 Å². The minimum Gasteiger partial charge on any atom is -0.348 e. The van der Waals surface area contributed by atoms with Gasteiger partial charge in [-0.15, -0.1) is 0 Å². The van der Waals surface area contributed by atoms with Crippen LogP contribution in [0.1, 0.15) is 12.8 Å². The van der Waals surface area contributed by atoms with Crippen LogP contribution < -0.4 is 0 Å². The van der Waals surface area contributed by atoms with Gasteiger partial charge in [-0.1, -0.05) is 0 Å². The molecule has 0 spiro atoms. The first kappa shape index (κ1) is 4.06. The van der Waals surface area contributed by atoms with Crippen LogP contribution in [-0.4, -0.2) is 13.0 Å². The van der Waals surface area contributed by atoms with E-state index >= 15 is 0 Å². The molecule has 0 N–H and O–H groups in total. The number of halogens is 1. The van der Waals surface area contributed by atoms with Gasteiger partial charge in [0.15, 0.2) is 6.36 Å². The van der Waals surface area contributed by atoms with Crippen molar-refractivity contribution in [2.24, 2.45) is 0 Å². The zero-order valence-corrected chi connectivity index (χ0v) is 3.48. The van der Waals surface area contributed by atoms with Gasteiger partial charge in [0.25, 0.3) is 0 Å². The predicted molar refractivity (Wildman–Crippen MR) is 20.1 cm³/mol. The molecule has 1 rings (SSSR count). The van der Waals surface area contributed by atoms with E-state index in [0.29, 0.717) is 13.0 Å². The lowest BCUT2D eigenvalue weighted by atomic mass is 10.4. The summed E-state index contributed by atoms with van der Waals surface area (Å²) in [7, 11) is 0. The van der Waals surface area contributed by atoms with Crippen LogP contribution in [-0.2, 0) is 4.74 Å². The van der Waals surface area contributed by atoms with Gasteiger partial charge < -0.3 is 4.74 Å². The highest BCUT2D eigenvalue weighted by Crippen LogP contribution is 2.11. The Morgan fingerprint density at radius 2 is 2.50 bits per heavy atom. The molecule has 1 nitrogen and oxygen atoms in total. The minimum atomic E-state index is -0.954. The van der Waals surface area contributed by atoms with Crippen molar-refractivity contribution in [1.29, 1.82) is 0 Å². The highest BCUT2D eigenvalue weighted by molar-refractivity contribution is 4.50. The maximum Gasteiger partial charge on any atom is 0.198 e. The molecule has 6 heavy (non-hydrogen) atoms. The van der Waals surface area contributed by atoms with E-state index in [4.69, 9.17) is 0 Å². The second-order valence-electron chi connectivity index (χ2n) is 1.42. The van der Waals surface area contributed by atoms with E-state index < -0.39 is 6.36 Å². The lowest BCUT2D eigenvalue weighted by Gasteiger charge is -1.89. The normalized spacial score (nSPS) is 34.5. The molecule has 2 heteroatoms. The first-order chi connectivity index (χ1) is 2.89. The molecule has 0 aliphatic carbocycles. The van der Waals surface area contributed by atoms with Crippen LogP contribution in [0.15, 0.2) is 0 Å². The summed E-state index contributed by atoms with van der Waals surface area (Å²) in [6.07, 6.45) is 0.534. The summed E-state index contributed by atoms with van der Waals surface area (Å²) in [4.78, 5) is 0. The third-order valence-electron chi connectivity index (χ3n) is 0.874. The molecule has 0 amide bonds. The summed E-state index contributed by atoms with van der Waals surface area (Å²) in [5, 5.41) is 0. The second kappa shape index (κ2) is 1.56. The van der Waals surface area contributed by atoms with Crippen molar-refractivity contribution in [2.45, 2.75) is 19.2 Å². The fourth-order valence-electron chi connectivity index (χ4n) is 0.538. The molecule has 0 aromatic carbocycles. The van der Waals surface area contributed by atoms with Crippen LogP contribution >= 0.6 is 0 Å². The third-order valence-corrected chi connectivity index (χ3v) is 0.874. The van der Waals surface area contributed by atoms with E-state index in [0.717, 1.165) is 6.42 Å². The van der Waals surface area contributed by atoms with Gasteiger partial charge in [-0.2, -0.15) is 0 Å². The highest BCUT2D eigenvalue weighted by atomic mass is 19.1. The Morgan fingerprint density at radius 1 is 1.67 bits per heavy atom. The Labute approximate surface area is 36.1 Å². The molecule has 1 fully saturated rings. The average molecular weight is 90.1 g/mol. The standard InChI is InChI=1S/C4H7FO/c5-4-2-1-3-6-4/h4H,1-3H2. The number of alkyl halides is 1. The van der Waals surface area contributed by atoms with Crippen LogP contribution in [0.5, 0.6) is 0 Å². The number of hydrogen-bond donors (Lipinski definition) is 0. The Balaban J connectivity index is 2.18. The van der Waals surface area contributed by atoms with Crippen LogP contribution in [0.4, 0.5) is 4.39 Å². The summed E-state index contributed by atoms with van der Waals surface area (Å²) < 4.78 is 16.2. The molecule has 1 heterocycles. The summed E-state index contributed by atoms with van der Waals surface area (Å²) in [5.74, 6) is 0. The molecule has 0 radical (unpaired) electrons. The zero-order valence-electron chi connectivity index (χ0n) is 3.48. The summed E-state index contributed by atoms with van der Waals surface area (Å²) in [5.41, 5.74) is 0. The van der Waals surface area contributed by atoms with E-state index in [1.54, 1.807) is 0 Å². The first-order valence-corrected chi connectivity index (χ1v) is 2.15. The van der Waals surface area contributed by atoms with Gasteiger partial charge in [0.05, 0.1) is 6.61 Å². The van der Waals surface area contributed by atoms with E-state index in [2.05, 4.69) is 4.74 Å². The van der Waals surface area contributed by atoms with Gasteiger partial charge in [0.2, 0.25) is 0 Å². The van der Waals surface area contributed by atoms with Gasteiger partial charge >= 0.3 is 0 Å². The molecule has 1 saturated heterocycles. The summed E-state index contributed by atoms with van der Waals surface area (Å²) >= 11 is 0. The van der Waals surface area contributed by atoms with Crippen molar-refractivity contribution in [3.05, 3.63) is 0 Å². The van der Waals surface area contributed by atoms with E-state index in [1.807, 2.05) is 0 Å². The summed E-state index contributed by atoms with van der Waals surface area (Å²) in [6.45, 7) is 0.612. The van der Waals surface area contributed by atoms with Gasteiger partial charge in [-0.3, -0.25) is 0 Å². The monoisotopic (exact) mass is 90.0 g/mol. The fraction of sp³-hybridized carbons (Fsp3) is 1.00. The molecular formula is C4H7FO. The van der Waals surface area contributed by atoms with E-state index in [-0.39, 0.29) is 0 Å². The maximum atomic E-state index is 11.7. The van der Waals surface area contributed by atoms with Crippen LogP contribution in [0.25, 0.3) is 0 Å². The maximum absolute atomic E-state index is 11.7. The molecule has 1 aliphatic heterocycles. The SMILES string of the molecule is FC1CCCO1. The second-order valence-corrected chi connectivity index (χ2v) is 1.42. The number of rotatable bonds is 0. The van der Waals surface area contributed by atoms with Gasteiger partial charge in [0.1, 0.15) is 0 Å². The number of ether oxygens (including phenoxy) is 1. The van der Waals surface area contributed by atoms with Crippen LogP contribution in [0.3, 0.4) is 0 Å². The Hall–Kier alpha value is -0.110. The van der Waals surface area contributed by atoms with Crippen molar-refractivity contribution in [1.82, 2.24) is 0 Å². The molecule has 0 saturated carbocycles. The molecule has 0 aromatic heterocycles. The van der Waals surface area contributed by atoms with Crippen LogP contribution in [0, 0.1) is 0 Å². The Kier molecular flexibility index (Phi) is 1.05. The van der Waals surface area contributed by atoms with Gasteiger partial charge in [0, 0.05) is 6.42 Å². The largest absolute Gasteiger partial charge is 0.348 e. The first-order valence-electron chi connectivity index (χ1n) is 2.15. The predicted octanol–water partition coefficient (Wildman–Crippen LogP) is 1.09. The minimum absolute atomic E-state index is 0.597. The molecule has 36 valence electrons. The van der Waals surface area contributed by atoms with Gasteiger partial charge in [-0.25, -0.2) is 4.39 Å². The molecule has 1 atom stereocenters. The lowest BCUT2D eigenvalue weighted by Crippen LogP contribution is -1.91. The third kappa shape index (κ3) is 0.684. The molecule has 1 aliphatic rings. The molecular weight excluding hydrogens is 83.0 g/mol. The smallest absolute Gasteiger partial charge is 0.198 e. The number of hydrogen-bond acceptors (Lipinski definition) is 1. The van der Waals surface area contributed by atoms with E-state index in [1.165, 1.54) is 0 Å². The molecule has 1 unspecified atom stereocenters. The topological polar surface area (TPSA) is 9.23 Å². The van der Waals surface area contributed by atoms with Gasteiger partial charge in [-0.05, 0) is 6.42 Å². The molecule has 0 aromatic rings. The lowest BCUT2D eigenvalue weighted by molar-refractivity contribution is 0.00946. The van der Waals surface area contributed by atoms with Crippen molar-refractivity contribution in [3.8, 4) is 0 Å². The van der Waals surface area contributed by atoms with E-state index in [9.17, 15) is 4.39 Å². The quantitative estimate of drug-likeness (QED) is 0.432. The van der Waals surface area contributed by atoms with Crippen molar-refractivity contribution in [2.75, 3.05) is 6.61 Å². The zero-order chi connectivity index (χ0) is 4.41. The Morgan fingerprint density at radius 3 is 2.67 bits per heavy atom. The van der Waals surface area contributed by atoms with Crippen LogP contribution in [0.2, 0.25) is 0 Å². The molecule has 0 bridgehead atoms. The highest BCUT2D eigenvalue weighted by Gasteiger charge is 2.11. The summed E-state index contributed by atoms with van der Waals surface area (Å²) in [6, 6.07) is 0. The van der Waals surface area contributed by atoms with Crippen molar-refractivity contribution >= 4 is 0 Å². The average Bonchev–Trinajstić information content (AvgIpc) is 1.86. The Bertz CT molecular complexity index is 40.8.